The Morgan fingerprint density at radius 2 is 0.830 bits per heavy atom. The monoisotopic (exact) mass is 597 g/mol. The van der Waals surface area contributed by atoms with Gasteiger partial charge in [-0.3, -0.25) is 4.57 Å². The molecule has 218 valence electrons. The maximum Gasteiger partial charge on any atom is 0.235 e. The molecule has 0 aliphatic carbocycles. The average molecular weight is 598 g/mol. The number of para-hydroxylation sites is 2. The topological polar surface area (TPSA) is 30.7 Å². The first-order chi connectivity index (χ1) is 23.3. The molecule has 0 unspecified atom stereocenters. The highest BCUT2D eigenvalue weighted by Gasteiger charge is 2.18. The predicted octanol–water partition coefficient (Wildman–Crippen LogP) is 11.5. The maximum atomic E-state index is 5.23. The molecule has 0 spiro atoms. The Morgan fingerprint density at radius 1 is 0.319 bits per heavy atom. The molecule has 2 aromatic heterocycles. The van der Waals surface area contributed by atoms with Crippen molar-refractivity contribution >= 4 is 65.0 Å². The number of rotatable bonds is 3. The Morgan fingerprint density at radius 3 is 1.55 bits per heavy atom. The lowest BCUT2D eigenvalue weighted by atomic mass is 9.92. The summed E-state index contributed by atoms with van der Waals surface area (Å²) in [5.74, 6) is 0.672. The van der Waals surface area contributed by atoms with Gasteiger partial charge in [0.05, 0.1) is 22.2 Å². The molecule has 10 rings (SSSR count). The average Bonchev–Trinajstić information content (AvgIpc) is 3.48. The first-order valence-electron chi connectivity index (χ1n) is 16.0. The van der Waals surface area contributed by atoms with Crippen molar-refractivity contribution in [3.05, 3.63) is 164 Å². The lowest BCUT2D eigenvalue weighted by Gasteiger charge is -2.13. The molecule has 2 heterocycles. The van der Waals surface area contributed by atoms with Crippen LogP contribution >= 0.6 is 0 Å². The minimum absolute atomic E-state index is 0.672. The highest BCUT2D eigenvalue weighted by atomic mass is 15.2. The van der Waals surface area contributed by atoms with Crippen LogP contribution in [-0.2, 0) is 0 Å². The van der Waals surface area contributed by atoms with Crippen LogP contribution in [0.4, 0.5) is 0 Å². The molecule has 0 aliphatic heterocycles. The molecular formula is C44H27N3. The Balaban J connectivity index is 1.21. The number of benzene rings is 8. The molecule has 3 nitrogen and oxygen atoms in total. The van der Waals surface area contributed by atoms with E-state index in [9.17, 15) is 0 Å². The highest BCUT2D eigenvalue weighted by Crippen LogP contribution is 2.39. The summed E-state index contributed by atoms with van der Waals surface area (Å²) < 4.78 is 2.22. The van der Waals surface area contributed by atoms with E-state index in [1.807, 2.05) is 12.1 Å². The zero-order valence-electron chi connectivity index (χ0n) is 25.4. The Bertz CT molecular complexity index is 2810. The van der Waals surface area contributed by atoms with Gasteiger partial charge in [-0.25, -0.2) is 9.97 Å². The SMILES string of the molecule is c1ccc(-c2nc(-n3c4ccccc4c4cc(-c5ccc6c7ccccc7c7ccccc7c6c5)ccc43)nc3ccccc23)cc1. The van der Waals surface area contributed by atoms with Gasteiger partial charge in [0.2, 0.25) is 5.95 Å². The zero-order chi connectivity index (χ0) is 30.9. The molecule has 47 heavy (non-hydrogen) atoms. The van der Waals surface area contributed by atoms with E-state index in [1.54, 1.807) is 0 Å². The van der Waals surface area contributed by atoms with Crippen LogP contribution in [0, 0.1) is 0 Å². The van der Waals surface area contributed by atoms with Crippen molar-refractivity contribution in [2.45, 2.75) is 0 Å². The quantitative estimate of drug-likeness (QED) is 0.190. The third kappa shape index (κ3) is 3.93. The van der Waals surface area contributed by atoms with Gasteiger partial charge in [0, 0.05) is 21.7 Å². The molecule has 0 bridgehead atoms. The van der Waals surface area contributed by atoms with Crippen molar-refractivity contribution in [2.75, 3.05) is 0 Å². The third-order valence-corrected chi connectivity index (χ3v) is 9.59. The number of aromatic nitrogens is 3. The van der Waals surface area contributed by atoms with Crippen LogP contribution in [0.2, 0.25) is 0 Å². The second kappa shape index (κ2) is 10.1. The molecule has 0 fully saturated rings. The molecule has 0 radical (unpaired) electrons. The van der Waals surface area contributed by atoms with Gasteiger partial charge in [-0.05, 0) is 73.8 Å². The van der Waals surface area contributed by atoms with Crippen LogP contribution in [0.3, 0.4) is 0 Å². The first kappa shape index (κ1) is 26.0. The van der Waals surface area contributed by atoms with E-state index in [4.69, 9.17) is 9.97 Å². The first-order valence-corrected chi connectivity index (χ1v) is 16.0. The minimum Gasteiger partial charge on any atom is -0.278 e. The van der Waals surface area contributed by atoms with Crippen LogP contribution in [0.25, 0.3) is 93.4 Å². The van der Waals surface area contributed by atoms with Gasteiger partial charge in [-0.15, -0.1) is 0 Å². The van der Waals surface area contributed by atoms with Crippen molar-refractivity contribution in [2.24, 2.45) is 0 Å². The molecule has 3 heteroatoms. The fourth-order valence-electron chi connectivity index (χ4n) is 7.44. The van der Waals surface area contributed by atoms with Crippen molar-refractivity contribution < 1.29 is 0 Å². The van der Waals surface area contributed by atoms with Gasteiger partial charge < -0.3 is 0 Å². The summed E-state index contributed by atoms with van der Waals surface area (Å²) in [5.41, 5.74) is 7.49. The van der Waals surface area contributed by atoms with Gasteiger partial charge in [-0.1, -0.05) is 133 Å². The summed E-state index contributed by atoms with van der Waals surface area (Å²) in [6.07, 6.45) is 0. The molecule has 8 aromatic carbocycles. The molecule has 0 saturated carbocycles. The molecule has 0 amide bonds. The van der Waals surface area contributed by atoms with E-state index < -0.39 is 0 Å². The van der Waals surface area contributed by atoms with Gasteiger partial charge in [0.25, 0.3) is 0 Å². The van der Waals surface area contributed by atoms with Crippen LogP contribution < -0.4 is 0 Å². The van der Waals surface area contributed by atoms with Crippen molar-refractivity contribution in [1.82, 2.24) is 14.5 Å². The Hall–Kier alpha value is -6.32. The molecule has 0 aliphatic rings. The Kier molecular flexibility index (Phi) is 5.57. The summed E-state index contributed by atoms with van der Waals surface area (Å²) in [6.45, 7) is 0. The van der Waals surface area contributed by atoms with E-state index in [-0.39, 0.29) is 0 Å². The van der Waals surface area contributed by atoms with E-state index in [0.29, 0.717) is 5.95 Å². The smallest absolute Gasteiger partial charge is 0.235 e. The molecule has 0 N–H and O–H groups in total. The van der Waals surface area contributed by atoms with E-state index in [2.05, 4.69) is 156 Å². The summed E-state index contributed by atoms with van der Waals surface area (Å²) in [5, 5.41) is 11.1. The van der Waals surface area contributed by atoms with E-state index in [0.717, 1.165) is 33.2 Å². The summed E-state index contributed by atoms with van der Waals surface area (Å²) in [7, 11) is 0. The maximum absolute atomic E-state index is 5.23. The summed E-state index contributed by atoms with van der Waals surface area (Å²) in [4.78, 5) is 10.4. The lowest BCUT2D eigenvalue weighted by Crippen LogP contribution is -2.03. The second-order valence-corrected chi connectivity index (χ2v) is 12.2. The molecule has 0 atom stereocenters. The summed E-state index contributed by atoms with van der Waals surface area (Å²) in [6, 6.07) is 58.5. The highest BCUT2D eigenvalue weighted by molar-refractivity contribution is 6.25. The Labute approximate surface area is 271 Å². The molecule has 10 aromatic rings. The van der Waals surface area contributed by atoms with Gasteiger partial charge in [0.15, 0.2) is 0 Å². The largest absolute Gasteiger partial charge is 0.278 e. The summed E-state index contributed by atoms with van der Waals surface area (Å²) >= 11 is 0. The van der Waals surface area contributed by atoms with Crippen LogP contribution in [-0.4, -0.2) is 14.5 Å². The van der Waals surface area contributed by atoms with Crippen molar-refractivity contribution in [1.29, 1.82) is 0 Å². The van der Waals surface area contributed by atoms with Crippen molar-refractivity contribution in [3.8, 4) is 28.3 Å². The van der Waals surface area contributed by atoms with E-state index >= 15 is 0 Å². The second-order valence-electron chi connectivity index (χ2n) is 12.2. The zero-order valence-corrected chi connectivity index (χ0v) is 25.4. The molecular weight excluding hydrogens is 571 g/mol. The number of nitrogens with zero attached hydrogens (tertiary/aromatic N) is 3. The lowest BCUT2D eigenvalue weighted by molar-refractivity contribution is 1.01. The van der Waals surface area contributed by atoms with Gasteiger partial charge in [-0.2, -0.15) is 0 Å². The third-order valence-electron chi connectivity index (χ3n) is 9.59. The van der Waals surface area contributed by atoms with Crippen LogP contribution in [0.15, 0.2) is 164 Å². The number of hydrogen-bond donors (Lipinski definition) is 0. The van der Waals surface area contributed by atoms with Crippen LogP contribution in [0.1, 0.15) is 0 Å². The van der Waals surface area contributed by atoms with Gasteiger partial charge >= 0.3 is 0 Å². The minimum atomic E-state index is 0.672. The normalized spacial score (nSPS) is 11.8. The fraction of sp³-hybridized carbons (Fsp3) is 0. The standard InChI is InChI=1S/C44H27N3/c1-2-12-28(13-3-1)43-37-19-8-10-20-40(37)45-44(46-43)47-41-21-11-9-18-36(41)39-27-30(23-25-42(39)47)29-22-24-35-33-16-5-4-14-31(33)32-15-6-7-17-34(32)38(35)26-29/h1-27H. The number of hydrogen-bond acceptors (Lipinski definition) is 2. The van der Waals surface area contributed by atoms with E-state index in [1.165, 1.54) is 54.2 Å². The molecule has 0 saturated heterocycles. The van der Waals surface area contributed by atoms with Gasteiger partial charge in [0.1, 0.15) is 0 Å². The predicted molar refractivity (Wildman–Crippen MR) is 197 cm³/mol. The van der Waals surface area contributed by atoms with Crippen LogP contribution in [0.5, 0.6) is 0 Å². The fourth-order valence-corrected chi connectivity index (χ4v) is 7.44. The number of fused-ring (bicyclic) bond motifs is 10. The van der Waals surface area contributed by atoms with Crippen molar-refractivity contribution in [3.63, 3.8) is 0 Å².